The molecule has 4 heterocycles. The summed E-state index contributed by atoms with van der Waals surface area (Å²) in [6.07, 6.45) is 9.70. The summed E-state index contributed by atoms with van der Waals surface area (Å²) in [5, 5.41) is 4.49. The fourth-order valence-corrected chi connectivity index (χ4v) is 5.35. The van der Waals surface area contributed by atoms with Crippen LogP contribution in [0.25, 0.3) is 0 Å². The number of hydrogen-bond acceptors (Lipinski definition) is 4. The van der Waals surface area contributed by atoms with Crippen LogP contribution in [0.4, 0.5) is 8.78 Å². The van der Waals surface area contributed by atoms with Gasteiger partial charge in [0.25, 0.3) is 0 Å². The standard InChI is InChI=1S/C25H26F2N4O2/c1-30-13-20-19(25(30)32)10-22(29-24(20)18-5-2-16(26)9-21(18)27)14-6-7-33-23(8-14)15-11-28-31(12-15)17-3-4-17/h2,5,9-12,14,17,19-20,23H,3-4,6-8,13H2,1H3. The van der Waals surface area contributed by atoms with Crippen LogP contribution in [0, 0.1) is 29.4 Å². The van der Waals surface area contributed by atoms with Crippen LogP contribution in [0.2, 0.25) is 0 Å². The highest BCUT2D eigenvalue weighted by Gasteiger charge is 2.44. The van der Waals surface area contributed by atoms with Gasteiger partial charge in [-0.15, -0.1) is 0 Å². The van der Waals surface area contributed by atoms with Crippen molar-refractivity contribution in [1.82, 2.24) is 14.7 Å². The number of aliphatic imine (C=N–C) groups is 1. The van der Waals surface area contributed by atoms with E-state index in [1.807, 2.05) is 17.0 Å². The average Bonchev–Trinajstić information content (AvgIpc) is 3.47. The zero-order valence-corrected chi connectivity index (χ0v) is 18.5. The maximum atomic E-state index is 14.7. The fourth-order valence-electron chi connectivity index (χ4n) is 5.35. The van der Waals surface area contributed by atoms with Crippen molar-refractivity contribution in [3.63, 3.8) is 0 Å². The minimum absolute atomic E-state index is 0.0155. The third-order valence-corrected chi connectivity index (χ3v) is 7.34. The molecule has 2 saturated heterocycles. The predicted molar refractivity (Wildman–Crippen MR) is 118 cm³/mol. The molecule has 4 aliphatic rings. The van der Waals surface area contributed by atoms with Gasteiger partial charge in [0, 0.05) is 61.1 Å². The molecule has 0 spiro atoms. The second-order valence-electron chi connectivity index (χ2n) is 9.63. The van der Waals surface area contributed by atoms with E-state index in [9.17, 15) is 13.6 Å². The first-order valence-corrected chi connectivity index (χ1v) is 11.6. The lowest BCUT2D eigenvalue weighted by molar-refractivity contribution is -0.128. The van der Waals surface area contributed by atoms with E-state index in [0.717, 1.165) is 30.2 Å². The van der Waals surface area contributed by atoms with E-state index in [2.05, 4.69) is 11.3 Å². The molecule has 172 valence electrons. The average molecular weight is 453 g/mol. The number of hydrogen-bond donors (Lipinski definition) is 0. The first-order chi connectivity index (χ1) is 16.0. The van der Waals surface area contributed by atoms with Gasteiger partial charge in [0.15, 0.2) is 0 Å². The Labute approximate surface area is 190 Å². The van der Waals surface area contributed by atoms with Crippen LogP contribution < -0.4 is 0 Å². The Balaban J connectivity index is 1.32. The van der Waals surface area contributed by atoms with Crippen molar-refractivity contribution in [1.29, 1.82) is 0 Å². The molecule has 33 heavy (non-hydrogen) atoms. The van der Waals surface area contributed by atoms with E-state index < -0.39 is 11.6 Å². The summed E-state index contributed by atoms with van der Waals surface area (Å²) >= 11 is 0. The Morgan fingerprint density at radius 2 is 2.03 bits per heavy atom. The Kier molecular flexibility index (Phi) is 4.94. The quantitative estimate of drug-likeness (QED) is 0.703. The smallest absolute Gasteiger partial charge is 0.230 e. The minimum Gasteiger partial charge on any atom is -0.373 e. The number of likely N-dealkylation sites (tertiary alicyclic amines) is 1. The molecule has 1 amide bonds. The molecule has 0 N–H and O–H groups in total. The van der Waals surface area contributed by atoms with Crippen LogP contribution in [0.5, 0.6) is 0 Å². The topological polar surface area (TPSA) is 59.7 Å². The van der Waals surface area contributed by atoms with Crippen molar-refractivity contribution in [3.8, 4) is 0 Å². The lowest BCUT2D eigenvalue weighted by Crippen LogP contribution is -2.30. The summed E-state index contributed by atoms with van der Waals surface area (Å²) < 4.78 is 36.4. The monoisotopic (exact) mass is 452 g/mol. The van der Waals surface area contributed by atoms with E-state index in [0.29, 0.717) is 24.9 Å². The molecule has 8 heteroatoms. The highest BCUT2D eigenvalue weighted by atomic mass is 19.1. The molecule has 4 atom stereocenters. The predicted octanol–water partition coefficient (Wildman–Crippen LogP) is 4.06. The number of allylic oxidation sites excluding steroid dienone is 1. The van der Waals surface area contributed by atoms with Crippen LogP contribution in [0.3, 0.4) is 0 Å². The fraction of sp³-hybridized carbons (Fsp3) is 0.480. The van der Waals surface area contributed by atoms with E-state index >= 15 is 0 Å². The SMILES string of the molecule is CN1CC2C(c3ccc(F)cc3F)=NC(C3CCOC(c4cnn(C5CC5)c4)C3)=CC2C1=O. The van der Waals surface area contributed by atoms with Crippen LogP contribution >= 0.6 is 0 Å². The van der Waals surface area contributed by atoms with Crippen LogP contribution in [-0.4, -0.2) is 46.5 Å². The number of carbonyl (C=O) groups is 1. The zero-order valence-electron chi connectivity index (χ0n) is 18.5. The Bertz CT molecular complexity index is 1170. The first-order valence-electron chi connectivity index (χ1n) is 11.6. The van der Waals surface area contributed by atoms with Gasteiger partial charge >= 0.3 is 0 Å². The second kappa shape index (κ2) is 7.87. The number of rotatable bonds is 4. The molecule has 1 saturated carbocycles. The Hall–Kier alpha value is -2.87. The number of ether oxygens (including phenoxy) is 1. The molecule has 1 aliphatic carbocycles. The third kappa shape index (κ3) is 3.70. The Morgan fingerprint density at radius 3 is 2.82 bits per heavy atom. The lowest BCUT2D eigenvalue weighted by atomic mass is 9.81. The van der Waals surface area contributed by atoms with Gasteiger partial charge in [-0.1, -0.05) is 0 Å². The summed E-state index contributed by atoms with van der Waals surface area (Å²) in [6.45, 7) is 1.05. The van der Waals surface area contributed by atoms with Crippen LogP contribution in [0.15, 0.2) is 47.4 Å². The van der Waals surface area contributed by atoms with Gasteiger partial charge in [-0.3, -0.25) is 14.5 Å². The summed E-state index contributed by atoms with van der Waals surface area (Å²) in [5.74, 6) is -1.78. The van der Waals surface area contributed by atoms with Crippen molar-refractivity contribution in [3.05, 3.63) is 65.1 Å². The number of amides is 1. The van der Waals surface area contributed by atoms with Gasteiger partial charge < -0.3 is 9.64 Å². The van der Waals surface area contributed by atoms with Gasteiger partial charge in [0.1, 0.15) is 11.6 Å². The van der Waals surface area contributed by atoms with E-state index in [4.69, 9.17) is 9.73 Å². The van der Waals surface area contributed by atoms with Gasteiger partial charge in [0.2, 0.25) is 5.91 Å². The van der Waals surface area contributed by atoms with Gasteiger partial charge in [-0.05, 0) is 43.9 Å². The number of benzene rings is 1. The summed E-state index contributed by atoms with van der Waals surface area (Å²) in [7, 11) is 1.76. The maximum Gasteiger partial charge on any atom is 0.230 e. The van der Waals surface area contributed by atoms with Crippen molar-refractivity contribution in [2.75, 3.05) is 20.2 Å². The molecule has 6 rings (SSSR count). The van der Waals surface area contributed by atoms with Gasteiger partial charge in [-0.2, -0.15) is 5.10 Å². The highest BCUT2D eigenvalue weighted by molar-refractivity contribution is 6.07. The van der Waals surface area contributed by atoms with E-state index in [-0.39, 0.29) is 35.3 Å². The van der Waals surface area contributed by atoms with E-state index in [1.165, 1.54) is 25.0 Å². The highest BCUT2D eigenvalue weighted by Crippen LogP contribution is 2.42. The normalized spacial score (nSPS) is 29.7. The summed E-state index contributed by atoms with van der Waals surface area (Å²) in [4.78, 5) is 19.5. The molecule has 6 nitrogen and oxygen atoms in total. The van der Waals surface area contributed by atoms with Crippen LogP contribution in [0.1, 0.15) is 49.0 Å². The molecular weight excluding hydrogens is 426 g/mol. The summed E-state index contributed by atoms with van der Waals surface area (Å²) in [5.41, 5.74) is 2.68. The molecule has 2 aromatic rings. The second-order valence-corrected chi connectivity index (χ2v) is 9.63. The van der Waals surface area contributed by atoms with E-state index in [1.54, 1.807) is 11.9 Å². The molecule has 3 fully saturated rings. The van der Waals surface area contributed by atoms with Crippen molar-refractivity contribution < 1.29 is 18.3 Å². The maximum absolute atomic E-state index is 14.7. The minimum atomic E-state index is -0.645. The molecule has 0 radical (unpaired) electrons. The molecule has 0 bridgehead atoms. The molecule has 1 aromatic carbocycles. The third-order valence-electron chi connectivity index (χ3n) is 7.34. The molecule has 3 aliphatic heterocycles. The molecular formula is C25H26F2N4O2. The largest absolute Gasteiger partial charge is 0.373 e. The number of fused-ring (bicyclic) bond motifs is 1. The van der Waals surface area contributed by atoms with Crippen molar-refractivity contribution >= 4 is 11.6 Å². The first kappa shape index (κ1) is 20.7. The zero-order chi connectivity index (χ0) is 22.7. The molecule has 1 aromatic heterocycles. The summed E-state index contributed by atoms with van der Waals surface area (Å²) in [6, 6.07) is 4.08. The number of halogens is 2. The van der Waals surface area contributed by atoms with Gasteiger partial charge in [-0.25, -0.2) is 8.78 Å². The molecule has 4 unspecified atom stereocenters. The van der Waals surface area contributed by atoms with Crippen LogP contribution in [-0.2, 0) is 9.53 Å². The van der Waals surface area contributed by atoms with Crippen molar-refractivity contribution in [2.45, 2.75) is 37.8 Å². The number of nitrogens with zero attached hydrogens (tertiary/aromatic N) is 4. The van der Waals surface area contributed by atoms with Crippen molar-refractivity contribution in [2.24, 2.45) is 22.7 Å². The van der Waals surface area contributed by atoms with Gasteiger partial charge in [0.05, 0.1) is 30.0 Å². The number of aromatic nitrogens is 2. The Morgan fingerprint density at radius 1 is 1.18 bits per heavy atom. The number of carbonyl (C=O) groups excluding carboxylic acids is 1. The lowest BCUT2D eigenvalue weighted by Gasteiger charge is -2.32.